The average Bonchev–Trinajstić information content (AvgIpc) is 2.36. The number of fused-ring (bicyclic) bond motifs is 3. The Morgan fingerprint density at radius 2 is 2.06 bits per heavy atom. The minimum Gasteiger partial charge on any atom is -0.380 e. The second kappa shape index (κ2) is 5.96. The Kier molecular flexibility index (Phi) is 4.58. The normalized spacial score (nSPS) is 35.2. The maximum atomic E-state index is 5.69. The first-order valence-corrected chi connectivity index (χ1v) is 6.56. The Bertz CT molecular complexity index is 204. The maximum absolute atomic E-state index is 5.69. The number of hydrogen-bond acceptors (Lipinski definition) is 4. The minimum absolute atomic E-state index is 0.481. The fourth-order valence-electron chi connectivity index (χ4n) is 2.78. The molecule has 1 N–H and O–H groups in total. The molecule has 4 heteroatoms. The van der Waals surface area contributed by atoms with Crippen LogP contribution in [0.5, 0.6) is 0 Å². The van der Waals surface area contributed by atoms with Crippen LogP contribution < -0.4 is 5.32 Å². The smallest absolute Gasteiger partial charge is 0.0635 e. The summed E-state index contributed by atoms with van der Waals surface area (Å²) in [5.74, 6) is 0. The molecule has 0 aromatic carbocycles. The predicted molar refractivity (Wildman–Crippen MR) is 65.8 cm³/mol. The first-order chi connectivity index (χ1) is 7.85. The molecule has 94 valence electrons. The standard InChI is InChI=1S/C12H25N3O/c1-3-8-16-10-11(13-2)12-9-14-4-6-15(12)7-5-14/h11-13H,3-10H2,1-2H3. The van der Waals surface area contributed by atoms with E-state index in [0.717, 1.165) is 19.6 Å². The molecule has 4 nitrogen and oxygen atoms in total. The lowest BCUT2D eigenvalue weighted by Crippen LogP contribution is -2.66. The number of ether oxygens (including phenoxy) is 1. The highest BCUT2D eigenvalue weighted by Crippen LogP contribution is 2.18. The fourth-order valence-corrected chi connectivity index (χ4v) is 2.78. The monoisotopic (exact) mass is 227 g/mol. The van der Waals surface area contributed by atoms with Crippen molar-refractivity contribution in [2.45, 2.75) is 25.4 Å². The van der Waals surface area contributed by atoms with Gasteiger partial charge in [0.05, 0.1) is 6.61 Å². The second-order valence-electron chi connectivity index (χ2n) is 4.87. The number of nitrogens with zero attached hydrogens (tertiary/aromatic N) is 2. The molecule has 3 aliphatic heterocycles. The van der Waals surface area contributed by atoms with Crippen LogP contribution in [-0.4, -0.2) is 74.9 Å². The number of hydrogen-bond donors (Lipinski definition) is 1. The van der Waals surface area contributed by atoms with Gasteiger partial charge < -0.3 is 10.1 Å². The summed E-state index contributed by atoms with van der Waals surface area (Å²) < 4.78 is 5.69. The summed E-state index contributed by atoms with van der Waals surface area (Å²) in [6.45, 7) is 10.1. The van der Waals surface area contributed by atoms with E-state index in [1.165, 1.54) is 32.7 Å². The van der Waals surface area contributed by atoms with Crippen LogP contribution in [0.15, 0.2) is 0 Å². The van der Waals surface area contributed by atoms with Gasteiger partial charge in [0.25, 0.3) is 0 Å². The van der Waals surface area contributed by atoms with E-state index in [9.17, 15) is 0 Å². The van der Waals surface area contributed by atoms with E-state index in [1.54, 1.807) is 0 Å². The summed E-state index contributed by atoms with van der Waals surface area (Å²) >= 11 is 0. The van der Waals surface area contributed by atoms with Gasteiger partial charge in [-0.2, -0.15) is 0 Å². The highest BCUT2D eigenvalue weighted by Gasteiger charge is 2.36. The SMILES string of the molecule is CCCOCC(NC)C1CN2CCN1CC2. The summed E-state index contributed by atoms with van der Waals surface area (Å²) in [6, 6.07) is 1.12. The molecule has 16 heavy (non-hydrogen) atoms. The average molecular weight is 227 g/mol. The largest absolute Gasteiger partial charge is 0.380 e. The van der Waals surface area contributed by atoms with E-state index in [1.807, 2.05) is 0 Å². The second-order valence-corrected chi connectivity index (χ2v) is 4.87. The van der Waals surface area contributed by atoms with Crippen LogP contribution in [-0.2, 0) is 4.74 Å². The zero-order chi connectivity index (χ0) is 11.4. The molecule has 3 aliphatic rings. The molecular weight excluding hydrogens is 202 g/mol. The molecule has 3 fully saturated rings. The van der Waals surface area contributed by atoms with Crippen LogP contribution in [0.2, 0.25) is 0 Å². The summed E-state index contributed by atoms with van der Waals surface area (Å²) in [5, 5.41) is 3.42. The van der Waals surface area contributed by atoms with E-state index in [-0.39, 0.29) is 0 Å². The van der Waals surface area contributed by atoms with Gasteiger partial charge in [0.2, 0.25) is 0 Å². The van der Waals surface area contributed by atoms with Crippen molar-refractivity contribution in [2.75, 3.05) is 53.0 Å². The molecule has 3 heterocycles. The van der Waals surface area contributed by atoms with Crippen molar-refractivity contribution in [2.24, 2.45) is 0 Å². The third-order valence-corrected chi connectivity index (χ3v) is 3.80. The van der Waals surface area contributed by atoms with Crippen LogP contribution in [0, 0.1) is 0 Å². The third kappa shape index (κ3) is 2.74. The Morgan fingerprint density at radius 1 is 1.31 bits per heavy atom. The highest BCUT2D eigenvalue weighted by molar-refractivity contribution is 4.94. The lowest BCUT2D eigenvalue weighted by atomic mass is 10.0. The lowest BCUT2D eigenvalue weighted by molar-refractivity contribution is -0.0199. The molecule has 0 radical (unpaired) electrons. The number of likely N-dealkylation sites (N-methyl/N-ethyl adjacent to an activating group) is 1. The molecule has 3 rings (SSSR count). The Balaban J connectivity index is 1.83. The van der Waals surface area contributed by atoms with Crippen molar-refractivity contribution < 1.29 is 4.74 Å². The van der Waals surface area contributed by atoms with Gasteiger partial charge in [0.15, 0.2) is 0 Å². The van der Waals surface area contributed by atoms with Gasteiger partial charge >= 0.3 is 0 Å². The summed E-state index contributed by atoms with van der Waals surface area (Å²) in [4.78, 5) is 5.20. The molecule has 0 spiro atoms. The quantitative estimate of drug-likeness (QED) is 0.647. The Morgan fingerprint density at radius 3 is 2.56 bits per heavy atom. The molecule has 2 atom stereocenters. The lowest BCUT2D eigenvalue weighted by Gasteiger charge is -2.50. The van der Waals surface area contributed by atoms with Crippen LogP contribution >= 0.6 is 0 Å². The van der Waals surface area contributed by atoms with Gasteiger partial charge in [-0.25, -0.2) is 0 Å². The van der Waals surface area contributed by atoms with Crippen molar-refractivity contribution in [1.82, 2.24) is 15.1 Å². The minimum atomic E-state index is 0.481. The van der Waals surface area contributed by atoms with E-state index in [4.69, 9.17) is 4.74 Å². The zero-order valence-electron chi connectivity index (χ0n) is 10.6. The van der Waals surface area contributed by atoms with Crippen molar-refractivity contribution in [3.05, 3.63) is 0 Å². The number of nitrogens with one attached hydrogen (secondary N) is 1. The zero-order valence-corrected chi connectivity index (χ0v) is 10.6. The fraction of sp³-hybridized carbons (Fsp3) is 1.00. The molecule has 2 bridgehead atoms. The maximum Gasteiger partial charge on any atom is 0.0635 e. The van der Waals surface area contributed by atoms with Crippen LogP contribution in [0.25, 0.3) is 0 Å². The van der Waals surface area contributed by atoms with Gasteiger partial charge in [0, 0.05) is 51.4 Å². The third-order valence-electron chi connectivity index (χ3n) is 3.80. The molecule has 0 saturated carbocycles. The van der Waals surface area contributed by atoms with Gasteiger partial charge in [-0.05, 0) is 13.5 Å². The molecule has 0 aliphatic carbocycles. The Labute approximate surface area is 98.9 Å². The van der Waals surface area contributed by atoms with E-state index < -0.39 is 0 Å². The van der Waals surface area contributed by atoms with Crippen molar-refractivity contribution >= 4 is 0 Å². The van der Waals surface area contributed by atoms with Crippen LogP contribution in [0.4, 0.5) is 0 Å². The van der Waals surface area contributed by atoms with Crippen LogP contribution in [0.1, 0.15) is 13.3 Å². The Hall–Kier alpha value is -0.160. The van der Waals surface area contributed by atoms with Gasteiger partial charge in [0.1, 0.15) is 0 Å². The topological polar surface area (TPSA) is 27.7 Å². The van der Waals surface area contributed by atoms with Gasteiger partial charge in [-0.3, -0.25) is 9.80 Å². The predicted octanol–water partition coefficient (Wildman–Crippen LogP) is 0.000800. The first-order valence-electron chi connectivity index (χ1n) is 6.56. The molecular formula is C12H25N3O. The number of piperazine rings is 3. The summed E-state index contributed by atoms with van der Waals surface area (Å²) in [7, 11) is 2.05. The van der Waals surface area contributed by atoms with Gasteiger partial charge in [-0.15, -0.1) is 0 Å². The molecule has 2 unspecified atom stereocenters. The van der Waals surface area contributed by atoms with E-state index in [0.29, 0.717) is 12.1 Å². The van der Waals surface area contributed by atoms with Crippen molar-refractivity contribution in [3.8, 4) is 0 Å². The molecule has 0 aromatic rings. The first kappa shape index (κ1) is 12.3. The van der Waals surface area contributed by atoms with E-state index >= 15 is 0 Å². The molecule has 3 saturated heterocycles. The summed E-state index contributed by atoms with van der Waals surface area (Å²) in [6.07, 6.45) is 1.11. The van der Waals surface area contributed by atoms with Gasteiger partial charge in [-0.1, -0.05) is 6.92 Å². The summed E-state index contributed by atoms with van der Waals surface area (Å²) in [5.41, 5.74) is 0. The number of rotatable bonds is 6. The van der Waals surface area contributed by atoms with Crippen molar-refractivity contribution in [3.63, 3.8) is 0 Å². The molecule has 0 amide bonds. The highest BCUT2D eigenvalue weighted by atomic mass is 16.5. The van der Waals surface area contributed by atoms with Crippen LogP contribution in [0.3, 0.4) is 0 Å². The molecule has 0 aromatic heterocycles. The van der Waals surface area contributed by atoms with E-state index in [2.05, 4.69) is 29.1 Å². The van der Waals surface area contributed by atoms with Crippen molar-refractivity contribution in [1.29, 1.82) is 0 Å².